The molecule has 39 heavy (non-hydrogen) atoms. The summed E-state index contributed by atoms with van der Waals surface area (Å²) in [6.07, 6.45) is 1.000. The lowest BCUT2D eigenvalue weighted by Gasteiger charge is -2.31. The van der Waals surface area contributed by atoms with Crippen LogP contribution in [0.2, 0.25) is 0 Å². The van der Waals surface area contributed by atoms with E-state index < -0.39 is 23.0 Å². The summed E-state index contributed by atoms with van der Waals surface area (Å²) in [7, 11) is 0. The Bertz CT molecular complexity index is 844. The number of anilines is 1. The van der Waals surface area contributed by atoms with Gasteiger partial charge in [0.2, 0.25) is 11.7 Å². The minimum Gasteiger partial charge on any atom is -0.472 e. The summed E-state index contributed by atoms with van der Waals surface area (Å²) in [5.41, 5.74) is -2.26. The molecule has 0 aliphatic carbocycles. The van der Waals surface area contributed by atoms with Gasteiger partial charge in [-0.3, -0.25) is 4.79 Å². The Hall–Kier alpha value is -1.61. The summed E-state index contributed by atoms with van der Waals surface area (Å²) in [6, 6.07) is 0. The number of carbonyl (C=O) groups excluding carboxylic acids is 1. The lowest BCUT2D eigenvalue weighted by atomic mass is 10.0. The smallest absolute Gasteiger partial charge is 0.270 e. The van der Waals surface area contributed by atoms with E-state index in [1.807, 2.05) is 41.5 Å². The zero-order valence-corrected chi connectivity index (χ0v) is 25.3. The third kappa shape index (κ3) is 12.6. The van der Waals surface area contributed by atoms with Gasteiger partial charge in [0.25, 0.3) is 5.88 Å². The number of ether oxygens (including phenoxy) is 4. The minimum absolute atomic E-state index is 0.115. The first-order valence-electron chi connectivity index (χ1n) is 13.9. The Balaban J connectivity index is 1.59. The summed E-state index contributed by atoms with van der Waals surface area (Å²) in [5, 5.41) is 26.5. The van der Waals surface area contributed by atoms with Crippen LogP contribution in [-0.2, 0) is 19.0 Å². The SMILES string of the molecule is CCC(O)(CC)NC(=O)CC(C)(C)OCCC(C)(C)OCCNCC(O)COc1nsnc1N1CCOCC1. The second-order valence-corrected chi connectivity index (χ2v) is 11.6. The molecule has 226 valence electrons. The number of amides is 1. The molecule has 1 saturated heterocycles. The quantitative estimate of drug-likeness (QED) is 0.141. The second-order valence-electron chi connectivity index (χ2n) is 11.1. The fourth-order valence-electron chi connectivity index (χ4n) is 3.95. The number of hydrogen-bond donors (Lipinski definition) is 4. The van der Waals surface area contributed by atoms with Crippen LogP contribution in [0.5, 0.6) is 5.88 Å². The summed E-state index contributed by atoms with van der Waals surface area (Å²) in [6.45, 7) is 16.1. The molecule has 1 aliphatic heterocycles. The van der Waals surface area contributed by atoms with Crippen LogP contribution < -0.4 is 20.3 Å². The molecule has 1 aliphatic rings. The molecule has 1 aromatic rings. The Morgan fingerprint density at radius 1 is 1.10 bits per heavy atom. The number of aliphatic hydroxyl groups is 2. The van der Waals surface area contributed by atoms with Crippen molar-refractivity contribution in [3.63, 3.8) is 0 Å². The predicted molar refractivity (Wildman–Crippen MR) is 150 cm³/mol. The molecule has 1 amide bonds. The van der Waals surface area contributed by atoms with Crippen molar-refractivity contribution in [3.05, 3.63) is 0 Å². The van der Waals surface area contributed by atoms with E-state index in [4.69, 9.17) is 18.9 Å². The molecule has 0 saturated carbocycles. The zero-order chi connectivity index (χ0) is 28.9. The van der Waals surface area contributed by atoms with Gasteiger partial charge in [-0.1, -0.05) is 13.8 Å². The van der Waals surface area contributed by atoms with Crippen LogP contribution >= 0.6 is 11.7 Å². The molecule has 13 heteroatoms. The monoisotopic (exact) mass is 575 g/mol. The van der Waals surface area contributed by atoms with Gasteiger partial charge in [0.15, 0.2) is 0 Å². The van der Waals surface area contributed by atoms with Gasteiger partial charge in [0, 0.05) is 26.2 Å². The van der Waals surface area contributed by atoms with Crippen molar-refractivity contribution in [3.8, 4) is 5.88 Å². The normalized spacial score (nSPS) is 15.8. The van der Waals surface area contributed by atoms with Gasteiger partial charge in [-0.15, -0.1) is 4.37 Å². The van der Waals surface area contributed by atoms with E-state index in [2.05, 4.69) is 24.3 Å². The van der Waals surface area contributed by atoms with Crippen LogP contribution in [-0.4, -0.2) is 107 Å². The van der Waals surface area contributed by atoms with E-state index in [-0.39, 0.29) is 18.9 Å². The van der Waals surface area contributed by atoms with E-state index in [1.165, 1.54) is 0 Å². The summed E-state index contributed by atoms with van der Waals surface area (Å²) in [4.78, 5) is 14.4. The minimum atomic E-state index is -1.18. The van der Waals surface area contributed by atoms with Gasteiger partial charge in [0.1, 0.15) is 18.4 Å². The van der Waals surface area contributed by atoms with Crippen LogP contribution in [0.3, 0.4) is 0 Å². The van der Waals surface area contributed by atoms with Crippen molar-refractivity contribution in [2.75, 3.05) is 64.1 Å². The molecular formula is C26H49N5O7S. The average molecular weight is 576 g/mol. The number of morpholine rings is 1. The first-order chi connectivity index (χ1) is 18.4. The van der Waals surface area contributed by atoms with Crippen molar-refractivity contribution < 1.29 is 34.0 Å². The molecule has 0 bridgehead atoms. The molecule has 0 radical (unpaired) electrons. The molecule has 2 rings (SSSR count). The maximum Gasteiger partial charge on any atom is 0.270 e. The molecule has 4 N–H and O–H groups in total. The molecule has 1 unspecified atom stereocenters. The van der Waals surface area contributed by atoms with Crippen LogP contribution in [0, 0.1) is 0 Å². The van der Waals surface area contributed by atoms with Gasteiger partial charge >= 0.3 is 0 Å². The van der Waals surface area contributed by atoms with Gasteiger partial charge in [-0.05, 0) is 47.0 Å². The van der Waals surface area contributed by atoms with Gasteiger partial charge in [-0.25, -0.2) is 0 Å². The maximum absolute atomic E-state index is 12.4. The maximum atomic E-state index is 12.4. The Kier molecular flexibility index (Phi) is 13.8. The lowest BCUT2D eigenvalue weighted by molar-refractivity contribution is -0.136. The van der Waals surface area contributed by atoms with Crippen molar-refractivity contribution in [1.82, 2.24) is 19.4 Å². The summed E-state index contributed by atoms with van der Waals surface area (Å²) in [5.74, 6) is 0.913. The fraction of sp³-hybridized carbons (Fsp3) is 0.885. The zero-order valence-electron chi connectivity index (χ0n) is 24.5. The Labute approximate surface area is 237 Å². The lowest BCUT2D eigenvalue weighted by Crippen LogP contribution is -2.49. The Morgan fingerprint density at radius 2 is 1.77 bits per heavy atom. The van der Waals surface area contributed by atoms with Crippen LogP contribution in [0.25, 0.3) is 0 Å². The third-order valence-corrected chi connectivity index (χ3v) is 7.14. The number of hydrogen-bond acceptors (Lipinski definition) is 12. The summed E-state index contributed by atoms with van der Waals surface area (Å²) < 4.78 is 31.6. The first-order valence-corrected chi connectivity index (χ1v) is 14.6. The van der Waals surface area contributed by atoms with Gasteiger partial charge in [-0.2, -0.15) is 4.37 Å². The second kappa shape index (κ2) is 16.0. The number of aliphatic hydroxyl groups excluding tert-OH is 1. The third-order valence-electron chi connectivity index (χ3n) is 6.64. The van der Waals surface area contributed by atoms with Crippen molar-refractivity contribution in [2.45, 2.75) is 90.3 Å². The number of carbonyl (C=O) groups is 1. The highest BCUT2D eigenvalue weighted by Gasteiger charge is 2.30. The molecule has 0 aromatic carbocycles. The van der Waals surface area contributed by atoms with E-state index >= 15 is 0 Å². The number of rotatable bonds is 19. The highest BCUT2D eigenvalue weighted by molar-refractivity contribution is 6.99. The standard InChI is InChI=1S/C26H49N5O7S/c1-7-26(34,8-2)28-21(33)17-25(5,6)37-13-9-24(3,4)38-14-10-27-18-20(32)19-36-23-22(29-39-30-23)31-11-15-35-16-12-31/h20,27,32,34H,7-19H2,1-6H3,(H,28,33). The van der Waals surface area contributed by atoms with Gasteiger partial charge in [0.05, 0.1) is 55.8 Å². The number of nitrogens with zero attached hydrogens (tertiary/aromatic N) is 3. The Morgan fingerprint density at radius 3 is 2.44 bits per heavy atom. The van der Waals surface area contributed by atoms with E-state index in [0.717, 1.165) is 24.8 Å². The van der Waals surface area contributed by atoms with E-state index in [1.54, 1.807) is 0 Å². The van der Waals surface area contributed by atoms with E-state index in [9.17, 15) is 15.0 Å². The highest BCUT2D eigenvalue weighted by atomic mass is 32.1. The fourth-order valence-corrected chi connectivity index (χ4v) is 4.47. The number of aromatic nitrogens is 2. The largest absolute Gasteiger partial charge is 0.472 e. The molecule has 0 spiro atoms. The molecule has 1 fully saturated rings. The number of nitrogens with one attached hydrogen (secondary N) is 2. The first kappa shape index (κ1) is 33.6. The van der Waals surface area contributed by atoms with E-state index in [0.29, 0.717) is 70.5 Å². The molecular weight excluding hydrogens is 526 g/mol. The van der Waals surface area contributed by atoms with Crippen LogP contribution in [0.1, 0.15) is 67.2 Å². The highest BCUT2D eigenvalue weighted by Crippen LogP contribution is 2.26. The average Bonchev–Trinajstić information content (AvgIpc) is 3.35. The van der Waals surface area contributed by atoms with Crippen molar-refractivity contribution in [1.29, 1.82) is 0 Å². The summed E-state index contributed by atoms with van der Waals surface area (Å²) >= 11 is 1.09. The topological polar surface area (TPSA) is 148 Å². The van der Waals surface area contributed by atoms with Crippen LogP contribution in [0.4, 0.5) is 5.82 Å². The molecule has 1 aromatic heterocycles. The van der Waals surface area contributed by atoms with Crippen molar-refractivity contribution >= 4 is 23.5 Å². The molecule has 1 atom stereocenters. The predicted octanol–water partition coefficient (Wildman–Crippen LogP) is 1.70. The molecule has 12 nitrogen and oxygen atoms in total. The van der Waals surface area contributed by atoms with Gasteiger partial charge < -0.3 is 44.7 Å². The van der Waals surface area contributed by atoms with Crippen LogP contribution in [0.15, 0.2) is 0 Å². The van der Waals surface area contributed by atoms with Crippen molar-refractivity contribution in [2.24, 2.45) is 0 Å². The molecule has 2 heterocycles.